The third-order valence-corrected chi connectivity index (χ3v) is 4.47. The third kappa shape index (κ3) is 4.49. The zero-order valence-electron chi connectivity index (χ0n) is 17.5. The number of rotatable bonds is 7. The van der Waals surface area contributed by atoms with Crippen molar-refractivity contribution < 1.29 is 33.4 Å². The van der Waals surface area contributed by atoms with Crippen molar-refractivity contribution in [1.82, 2.24) is 0 Å². The highest BCUT2D eigenvalue weighted by molar-refractivity contribution is 6.10. The second-order valence-electron chi connectivity index (χ2n) is 6.35. The van der Waals surface area contributed by atoms with E-state index < -0.39 is 16.5 Å². The molecule has 1 N–H and O–H groups in total. The monoisotopic (exact) mass is 441 g/mol. The first-order chi connectivity index (χ1) is 15.4. The van der Waals surface area contributed by atoms with E-state index in [1.165, 1.54) is 39.5 Å². The summed E-state index contributed by atoms with van der Waals surface area (Å²) in [6.07, 6.45) is 1.30. The van der Waals surface area contributed by atoms with Crippen molar-refractivity contribution in [3.05, 3.63) is 45.5 Å². The molecule has 0 aromatic heterocycles. The Morgan fingerprint density at radius 2 is 1.69 bits per heavy atom. The number of hydrogen-bond donors (Lipinski definition) is 1. The lowest BCUT2D eigenvalue weighted by molar-refractivity contribution is -0.384. The molecule has 0 bridgehead atoms. The lowest BCUT2D eigenvalue weighted by Crippen LogP contribution is -2.18. The molecule has 1 amide bonds. The predicted molar refractivity (Wildman–Crippen MR) is 112 cm³/mol. The number of nitro benzene ring substituents is 1. The maximum atomic E-state index is 12.7. The zero-order valence-corrected chi connectivity index (χ0v) is 17.5. The van der Waals surface area contributed by atoms with Crippen molar-refractivity contribution in [2.75, 3.05) is 39.9 Å². The molecule has 0 fully saturated rings. The SMILES string of the molecule is COc1cc(/C=C(\C#N)C(=O)Nc2cc3c(cc2[N+](=O)[O-])OCCO3)cc(OC)c1OC. The fourth-order valence-electron chi connectivity index (χ4n) is 3.02. The Hall–Kier alpha value is -4.46. The average molecular weight is 441 g/mol. The second-order valence-corrected chi connectivity index (χ2v) is 6.35. The summed E-state index contributed by atoms with van der Waals surface area (Å²) >= 11 is 0. The van der Waals surface area contributed by atoms with Gasteiger partial charge in [-0.25, -0.2) is 0 Å². The molecule has 0 saturated heterocycles. The lowest BCUT2D eigenvalue weighted by atomic mass is 10.1. The van der Waals surface area contributed by atoms with Gasteiger partial charge in [0.2, 0.25) is 5.75 Å². The van der Waals surface area contributed by atoms with Crippen molar-refractivity contribution in [3.63, 3.8) is 0 Å². The molecule has 2 aromatic carbocycles. The summed E-state index contributed by atoms with van der Waals surface area (Å²) in [5.74, 6) is 0.623. The number of nitrogens with zero attached hydrogens (tertiary/aromatic N) is 2. The number of benzene rings is 2. The van der Waals surface area contributed by atoms with Crippen molar-refractivity contribution in [2.45, 2.75) is 0 Å². The van der Waals surface area contributed by atoms with Gasteiger partial charge >= 0.3 is 0 Å². The zero-order chi connectivity index (χ0) is 23.3. The number of hydrogen-bond acceptors (Lipinski definition) is 9. The molecular weight excluding hydrogens is 422 g/mol. The van der Waals surface area contributed by atoms with Crippen molar-refractivity contribution in [3.8, 4) is 34.8 Å². The highest BCUT2D eigenvalue weighted by atomic mass is 16.6. The standard InChI is InChI=1S/C21H19N3O8/c1-28-18-7-12(8-19(29-2)20(18)30-3)6-13(11-22)21(25)23-14-9-16-17(32-5-4-31-16)10-15(14)24(26)27/h6-10H,4-5H2,1-3H3,(H,23,25)/b13-6+. The van der Waals surface area contributed by atoms with Gasteiger partial charge in [-0.3, -0.25) is 14.9 Å². The maximum Gasteiger partial charge on any atom is 0.296 e. The van der Waals surface area contributed by atoms with E-state index in [1.54, 1.807) is 18.2 Å². The molecule has 32 heavy (non-hydrogen) atoms. The van der Waals surface area contributed by atoms with Crippen molar-refractivity contribution >= 4 is 23.4 Å². The van der Waals surface area contributed by atoms with Gasteiger partial charge in [-0.1, -0.05) is 0 Å². The van der Waals surface area contributed by atoms with Crippen LogP contribution in [-0.4, -0.2) is 45.4 Å². The van der Waals surface area contributed by atoms with Crippen LogP contribution < -0.4 is 29.0 Å². The Kier molecular flexibility index (Phi) is 6.65. The molecule has 1 aliphatic rings. The largest absolute Gasteiger partial charge is 0.493 e. The Bertz CT molecular complexity index is 1110. The normalized spacial score (nSPS) is 12.4. The first-order valence-corrected chi connectivity index (χ1v) is 9.23. The number of fused-ring (bicyclic) bond motifs is 1. The topological polar surface area (TPSA) is 142 Å². The number of amides is 1. The molecular formula is C21H19N3O8. The second kappa shape index (κ2) is 9.57. The number of nitro groups is 1. The van der Waals surface area contributed by atoms with E-state index in [9.17, 15) is 20.2 Å². The molecule has 0 unspecified atom stereocenters. The molecule has 11 nitrogen and oxygen atoms in total. The van der Waals surface area contributed by atoms with E-state index in [4.69, 9.17) is 23.7 Å². The lowest BCUT2D eigenvalue weighted by Gasteiger charge is -2.19. The van der Waals surface area contributed by atoms with Crippen molar-refractivity contribution in [2.24, 2.45) is 0 Å². The average Bonchev–Trinajstić information content (AvgIpc) is 2.80. The first kappa shape index (κ1) is 22.2. The number of carbonyl (C=O) groups excluding carboxylic acids is 1. The molecule has 166 valence electrons. The molecule has 0 spiro atoms. The first-order valence-electron chi connectivity index (χ1n) is 9.23. The number of carbonyl (C=O) groups is 1. The fourth-order valence-corrected chi connectivity index (χ4v) is 3.02. The number of anilines is 1. The summed E-state index contributed by atoms with van der Waals surface area (Å²) in [6, 6.07) is 7.36. The van der Waals surface area contributed by atoms with E-state index in [1.807, 2.05) is 0 Å². The van der Waals surface area contributed by atoms with Crippen LogP contribution in [0.2, 0.25) is 0 Å². The van der Waals surface area contributed by atoms with E-state index in [2.05, 4.69) is 5.32 Å². The van der Waals surface area contributed by atoms with E-state index in [0.29, 0.717) is 22.8 Å². The van der Waals surface area contributed by atoms with Gasteiger partial charge in [-0.15, -0.1) is 0 Å². The van der Waals surface area contributed by atoms with E-state index >= 15 is 0 Å². The highest BCUT2D eigenvalue weighted by Crippen LogP contribution is 2.40. The molecule has 11 heteroatoms. The number of methoxy groups -OCH3 is 3. The molecule has 0 aliphatic carbocycles. The summed E-state index contributed by atoms with van der Waals surface area (Å²) in [5.41, 5.74) is -0.408. The van der Waals surface area contributed by atoms with Crippen LogP contribution in [0, 0.1) is 21.4 Å². The van der Waals surface area contributed by atoms with Crippen LogP contribution in [-0.2, 0) is 4.79 Å². The summed E-state index contributed by atoms with van der Waals surface area (Å²) in [4.78, 5) is 23.5. The Labute approximate surface area is 182 Å². The van der Waals surface area contributed by atoms with Gasteiger partial charge in [0.05, 0.1) is 32.3 Å². The van der Waals surface area contributed by atoms with Gasteiger partial charge in [-0.2, -0.15) is 5.26 Å². The number of nitrogens with one attached hydrogen (secondary N) is 1. The molecule has 0 saturated carbocycles. The summed E-state index contributed by atoms with van der Waals surface area (Å²) in [5, 5.41) is 23.4. The molecule has 1 heterocycles. The molecule has 3 rings (SSSR count). The minimum Gasteiger partial charge on any atom is -0.493 e. The smallest absolute Gasteiger partial charge is 0.296 e. The van der Waals surface area contributed by atoms with Gasteiger partial charge in [0.1, 0.15) is 30.5 Å². The van der Waals surface area contributed by atoms with Gasteiger partial charge in [0.15, 0.2) is 23.0 Å². The van der Waals surface area contributed by atoms with Crippen LogP contribution in [0.4, 0.5) is 11.4 Å². The summed E-state index contributed by atoms with van der Waals surface area (Å²) in [7, 11) is 4.32. The molecule has 0 atom stereocenters. The maximum absolute atomic E-state index is 12.7. The van der Waals surface area contributed by atoms with Gasteiger partial charge in [0, 0.05) is 6.07 Å². The molecule has 2 aromatic rings. The number of nitriles is 1. The Morgan fingerprint density at radius 1 is 1.09 bits per heavy atom. The van der Waals surface area contributed by atoms with Crippen LogP contribution in [0.5, 0.6) is 28.7 Å². The van der Waals surface area contributed by atoms with Gasteiger partial charge in [0.25, 0.3) is 11.6 Å². The van der Waals surface area contributed by atoms with Crippen LogP contribution in [0.3, 0.4) is 0 Å². The van der Waals surface area contributed by atoms with Gasteiger partial charge in [-0.05, 0) is 23.8 Å². The van der Waals surface area contributed by atoms with Gasteiger partial charge < -0.3 is 29.0 Å². The van der Waals surface area contributed by atoms with E-state index in [-0.39, 0.29) is 36.0 Å². The third-order valence-electron chi connectivity index (χ3n) is 4.47. The summed E-state index contributed by atoms with van der Waals surface area (Å²) in [6.45, 7) is 0.522. The van der Waals surface area contributed by atoms with Crippen LogP contribution in [0.25, 0.3) is 6.08 Å². The molecule has 1 aliphatic heterocycles. The van der Waals surface area contributed by atoms with Crippen molar-refractivity contribution in [1.29, 1.82) is 5.26 Å². The van der Waals surface area contributed by atoms with Crippen LogP contribution in [0.1, 0.15) is 5.56 Å². The van der Waals surface area contributed by atoms with Crippen LogP contribution >= 0.6 is 0 Å². The van der Waals surface area contributed by atoms with E-state index in [0.717, 1.165) is 0 Å². The quantitative estimate of drug-likeness (QED) is 0.297. The minimum atomic E-state index is -0.846. The van der Waals surface area contributed by atoms with Crippen LogP contribution in [0.15, 0.2) is 29.8 Å². The Morgan fingerprint density at radius 3 is 2.19 bits per heavy atom. The predicted octanol–water partition coefficient (Wildman–Crippen LogP) is 2.94. The molecule has 0 radical (unpaired) electrons. The highest BCUT2D eigenvalue weighted by Gasteiger charge is 2.24. The fraction of sp³-hybridized carbons (Fsp3) is 0.238. The Balaban J connectivity index is 1.96. The minimum absolute atomic E-state index is 0.129. The summed E-state index contributed by atoms with van der Waals surface area (Å²) < 4.78 is 26.5. The number of ether oxygens (including phenoxy) is 5.